The van der Waals surface area contributed by atoms with Gasteiger partial charge in [-0.1, -0.05) is 74.2 Å². The summed E-state index contributed by atoms with van der Waals surface area (Å²) in [5.74, 6) is -0.858. The predicted octanol–water partition coefficient (Wildman–Crippen LogP) is 2.51. The van der Waals surface area contributed by atoms with Crippen LogP contribution in [0.15, 0.2) is 48.5 Å². The van der Waals surface area contributed by atoms with E-state index in [0.29, 0.717) is 51.3 Å². The van der Waals surface area contributed by atoms with Gasteiger partial charge < -0.3 is 47.8 Å². The number of rotatable bonds is 23. The molecule has 0 spiro atoms. The first kappa shape index (κ1) is 48.7. The Morgan fingerprint density at radius 2 is 1.57 bits per heavy atom. The lowest BCUT2D eigenvalue weighted by atomic mass is 9.95. The zero-order valence-corrected chi connectivity index (χ0v) is 33.3. The summed E-state index contributed by atoms with van der Waals surface area (Å²) in [7, 11) is 0. The average molecular weight is 816 g/mol. The van der Waals surface area contributed by atoms with E-state index in [4.69, 9.17) is 28.2 Å². The number of benzene rings is 2. The second kappa shape index (κ2) is 25.7. The zero-order valence-electron chi connectivity index (χ0n) is 30.9. The van der Waals surface area contributed by atoms with Gasteiger partial charge in [0.05, 0.1) is 12.7 Å². The zero-order chi connectivity index (χ0) is 38.0. The third-order valence-electron chi connectivity index (χ3n) is 8.88. The van der Waals surface area contributed by atoms with Crippen molar-refractivity contribution >= 4 is 59.9 Å². The maximum atomic E-state index is 12.9. The van der Waals surface area contributed by atoms with Gasteiger partial charge in [-0.3, -0.25) is 14.5 Å². The van der Waals surface area contributed by atoms with Gasteiger partial charge in [0.1, 0.15) is 12.2 Å². The molecule has 0 aliphatic rings. The summed E-state index contributed by atoms with van der Waals surface area (Å²) in [4.78, 5) is 35.7. The van der Waals surface area contributed by atoms with Crippen LogP contribution in [0.1, 0.15) is 70.1 Å². The van der Waals surface area contributed by atoms with Crippen LogP contribution in [0.5, 0.6) is 0 Å². The molecule has 3 aromatic rings. The molecule has 0 bridgehead atoms. The number of carbonyl (C=O) groups is 2. The molecule has 11 N–H and O–H groups in total. The Morgan fingerprint density at radius 1 is 0.870 bits per heavy atom. The Balaban J connectivity index is 0.00000729. The topological polar surface area (TPSA) is 232 Å². The summed E-state index contributed by atoms with van der Waals surface area (Å²) in [5.41, 5.74) is 15.2. The molecule has 3 rings (SSSR count). The number of aliphatic hydroxyl groups is 4. The Kier molecular flexibility index (Phi) is 23.2. The summed E-state index contributed by atoms with van der Waals surface area (Å²) in [5, 5.41) is 48.5. The van der Waals surface area contributed by atoms with Crippen LogP contribution >= 0.6 is 36.4 Å². The normalized spacial score (nSPS) is 13.3. The third-order valence-corrected chi connectivity index (χ3v) is 9.16. The molecule has 2 aromatic carbocycles. The Labute approximate surface area is 335 Å². The van der Waals surface area contributed by atoms with Crippen molar-refractivity contribution < 1.29 is 30.0 Å². The fourth-order valence-corrected chi connectivity index (χ4v) is 5.84. The highest BCUT2D eigenvalue weighted by molar-refractivity contribution is 6.31. The molecule has 302 valence electrons. The lowest BCUT2D eigenvalue weighted by Crippen LogP contribution is -2.47. The van der Waals surface area contributed by atoms with E-state index < -0.39 is 30.8 Å². The summed E-state index contributed by atoms with van der Waals surface area (Å²) >= 11 is 5.97. The number of nitrogen functional groups attached to an aromatic ring is 2. The highest BCUT2D eigenvalue weighted by Crippen LogP contribution is 2.18. The molecule has 54 heavy (non-hydrogen) atoms. The van der Waals surface area contributed by atoms with E-state index >= 15 is 0 Å². The first-order valence-corrected chi connectivity index (χ1v) is 18.2. The second-order valence-corrected chi connectivity index (χ2v) is 13.5. The molecule has 0 fully saturated rings. The molecule has 0 saturated carbocycles. The molecule has 4 atom stereocenters. The number of nitrogens with one attached hydrogen (secondary N) is 3. The van der Waals surface area contributed by atoms with Gasteiger partial charge in [-0.15, -0.1) is 24.8 Å². The van der Waals surface area contributed by atoms with Gasteiger partial charge in [-0.05, 0) is 61.1 Å². The van der Waals surface area contributed by atoms with Gasteiger partial charge in [-0.25, -0.2) is 9.97 Å². The smallest absolute Gasteiger partial charge is 0.273 e. The fraction of sp³-hybridized carbons (Fsp3) is 0.514. The van der Waals surface area contributed by atoms with Gasteiger partial charge in [0.2, 0.25) is 0 Å². The summed E-state index contributed by atoms with van der Waals surface area (Å²) in [6.45, 7) is 6.51. The van der Waals surface area contributed by atoms with E-state index in [1.165, 1.54) is 5.56 Å². The molecule has 0 saturated heterocycles. The SMILES string of the molecule is CCCCCCN(CCNC(=O)c1ccc(CNC[C@H](CNC(=O)c2nc(Cl)c(N)nc2N)Cc2ccccc2C)cc1)C[C@H](O)[C@@H](O)[C@H](O)CO.Cl.Cl. The van der Waals surface area contributed by atoms with E-state index in [-0.39, 0.29) is 65.7 Å². The fourth-order valence-electron chi connectivity index (χ4n) is 5.71. The van der Waals surface area contributed by atoms with E-state index in [1.54, 1.807) is 12.1 Å². The number of aromatic nitrogens is 2. The lowest BCUT2D eigenvalue weighted by molar-refractivity contribution is -0.0840. The molecule has 0 aliphatic carbocycles. The molecule has 14 nitrogen and oxygen atoms in total. The van der Waals surface area contributed by atoms with Crippen LogP contribution in [0, 0.1) is 12.8 Å². The number of hydrogen-bond donors (Lipinski definition) is 9. The molecule has 0 aliphatic heterocycles. The number of aliphatic hydroxyl groups excluding tert-OH is 4. The van der Waals surface area contributed by atoms with E-state index in [1.807, 2.05) is 29.2 Å². The highest BCUT2D eigenvalue weighted by Gasteiger charge is 2.26. The molecule has 1 heterocycles. The maximum Gasteiger partial charge on any atom is 0.273 e. The minimum atomic E-state index is -1.47. The number of unbranched alkanes of at least 4 members (excludes halogenated alkanes) is 3. The second-order valence-electron chi connectivity index (χ2n) is 13.1. The molecule has 0 radical (unpaired) electrons. The van der Waals surface area contributed by atoms with Gasteiger partial charge in [0.25, 0.3) is 11.8 Å². The molecule has 17 heteroatoms. The van der Waals surface area contributed by atoms with Crippen molar-refractivity contribution in [1.29, 1.82) is 0 Å². The van der Waals surface area contributed by atoms with Crippen LogP contribution in [-0.2, 0) is 13.0 Å². The molecule has 2 amide bonds. The number of amides is 2. The van der Waals surface area contributed by atoms with Crippen molar-refractivity contribution in [1.82, 2.24) is 30.8 Å². The van der Waals surface area contributed by atoms with Crippen LogP contribution in [0.4, 0.5) is 11.6 Å². The Hall–Kier alpha value is -3.31. The summed E-state index contributed by atoms with van der Waals surface area (Å²) in [6, 6.07) is 15.4. The van der Waals surface area contributed by atoms with Crippen molar-refractivity contribution in [3.05, 3.63) is 81.6 Å². The van der Waals surface area contributed by atoms with Crippen molar-refractivity contribution in [3.63, 3.8) is 0 Å². The van der Waals surface area contributed by atoms with Crippen molar-refractivity contribution in [2.75, 3.05) is 57.3 Å². The third kappa shape index (κ3) is 16.2. The molecular weight excluding hydrogens is 759 g/mol. The van der Waals surface area contributed by atoms with Gasteiger partial charge in [-0.2, -0.15) is 0 Å². The van der Waals surface area contributed by atoms with Crippen molar-refractivity contribution in [3.8, 4) is 0 Å². The first-order valence-electron chi connectivity index (χ1n) is 17.8. The predicted molar refractivity (Wildman–Crippen MR) is 217 cm³/mol. The maximum absolute atomic E-state index is 12.9. The van der Waals surface area contributed by atoms with E-state index in [2.05, 4.69) is 51.9 Å². The quantitative estimate of drug-likeness (QED) is 0.0629. The average Bonchev–Trinajstić information content (AvgIpc) is 3.13. The van der Waals surface area contributed by atoms with Gasteiger partial charge >= 0.3 is 0 Å². The molecular formula is C37H57Cl3N8O6. The summed E-state index contributed by atoms with van der Waals surface area (Å²) in [6.07, 6.45) is 0.651. The minimum Gasteiger partial charge on any atom is -0.394 e. The van der Waals surface area contributed by atoms with Crippen molar-refractivity contribution in [2.45, 2.75) is 70.8 Å². The lowest BCUT2D eigenvalue weighted by Gasteiger charge is -2.29. The van der Waals surface area contributed by atoms with Crippen LogP contribution in [0.3, 0.4) is 0 Å². The highest BCUT2D eigenvalue weighted by atomic mass is 35.5. The number of nitrogens with two attached hydrogens (primary N) is 2. The monoisotopic (exact) mass is 814 g/mol. The minimum absolute atomic E-state index is 0. The van der Waals surface area contributed by atoms with Gasteiger partial charge in [0.15, 0.2) is 22.5 Å². The largest absolute Gasteiger partial charge is 0.394 e. The van der Waals surface area contributed by atoms with Crippen LogP contribution in [0.25, 0.3) is 0 Å². The number of hydrogen-bond acceptors (Lipinski definition) is 12. The number of halogens is 3. The van der Waals surface area contributed by atoms with Crippen LogP contribution in [-0.4, -0.2) is 111 Å². The number of anilines is 2. The Bertz CT molecular complexity index is 1560. The summed E-state index contributed by atoms with van der Waals surface area (Å²) < 4.78 is 0. The number of carbonyl (C=O) groups excluding carboxylic acids is 2. The Morgan fingerprint density at radius 3 is 2.24 bits per heavy atom. The molecule has 0 unspecified atom stereocenters. The van der Waals surface area contributed by atoms with E-state index in [0.717, 1.165) is 36.8 Å². The van der Waals surface area contributed by atoms with Gasteiger partial charge in [0, 0.05) is 44.8 Å². The standard InChI is InChI=1S/C37H55ClN8O6.2ClH/c1-3-4-5-8-16-46(22-29(48)32(50)30(49)23-47)17-15-42-36(51)27-13-11-25(12-14-27)19-41-20-26(18-28-10-7-6-9-24(28)2)21-43-37(52)31-34(39)45-35(40)33(38)44-31;;/h6-7,9-14,26,29-30,32,41,47-50H,3-5,8,15-23H2,1-2H3,(H,42,51)(H,43,52)(H4,39,40,45);2*1H/t26-,29+,30-,32-;;/m1../s1. The van der Waals surface area contributed by atoms with E-state index in [9.17, 15) is 24.9 Å². The molecule has 1 aromatic heterocycles. The van der Waals surface area contributed by atoms with Crippen molar-refractivity contribution in [2.24, 2.45) is 5.92 Å². The van der Waals surface area contributed by atoms with Crippen LogP contribution in [0.2, 0.25) is 5.15 Å². The van der Waals surface area contributed by atoms with Crippen LogP contribution < -0.4 is 27.4 Å². The first-order chi connectivity index (χ1) is 24.9. The number of aryl methyl sites for hydroxylation is 1. The number of nitrogens with zero attached hydrogens (tertiary/aromatic N) is 3.